The third-order valence-electron chi connectivity index (χ3n) is 3.34. The Kier molecular flexibility index (Phi) is 2.78. The van der Waals surface area contributed by atoms with Crippen molar-refractivity contribution in [2.24, 2.45) is 0 Å². The molecule has 1 aromatic carbocycles. The quantitative estimate of drug-likeness (QED) is 0.750. The number of hydrogen-bond donors (Lipinski definition) is 2. The van der Waals surface area contributed by atoms with Gasteiger partial charge in [0.2, 0.25) is 5.95 Å². The molecule has 0 radical (unpaired) electrons. The molecule has 0 aliphatic heterocycles. The van der Waals surface area contributed by atoms with Crippen LogP contribution in [0.3, 0.4) is 0 Å². The summed E-state index contributed by atoms with van der Waals surface area (Å²) in [6.07, 6.45) is 1.33. The summed E-state index contributed by atoms with van der Waals surface area (Å²) in [7, 11) is 0. The third kappa shape index (κ3) is 1.85. The lowest BCUT2D eigenvalue weighted by Gasteiger charge is -1.99. The minimum atomic E-state index is -0.339. The number of rotatable bonds is 2. The number of anilines is 1. The fourth-order valence-electron chi connectivity index (χ4n) is 2.32. The number of nitrogens with one attached hydrogen (secondary N) is 2. The summed E-state index contributed by atoms with van der Waals surface area (Å²) in [6, 6.07) is 4.01. The number of hydrogen-bond acceptors (Lipinski definition) is 4. The standard InChI is InChI=1S/C14H14N4O2/c1-7-4-5-8(2)11-10(7)9(3)12(20-11)13(19)17-14-15-6-16-18-14/h4-6H,1-3H3,(H2,15,16,17,18,19). The average Bonchev–Trinajstić information content (AvgIpc) is 3.02. The zero-order chi connectivity index (χ0) is 14.3. The minimum absolute atomic E-state index is 0.295. The maximum atomic E-state index is 12.2. The van der Waals surface area contributed by atoms with E-state index < -0.39 is 0 Å². The summed E-state index contributed by atoms with van der Waals surface area (Å²) in [5.41, 5.74) is 3.68. The molecule has 20 heavy (non-hydrogen) atoms. The Balaban J connectivity index is 2.08. The molecule has 3 aromatic rings. The molecule has 2 aromatic heterocycles. The van der Waals surface area contributed by atoms with Crippen LogP contribution in [0.5, 0.6) is 0 Å². The van der Waals surface area contributed by atoms with E-state index in [9.17, 15) is 4.79 Å². The first-order valence-electron chi connectivity index (χ1n) is 6.24. The summed E-state index contributed by atoms with van der Waals surface area (Å²) in [6.45, 7) is 5.85. The lowest BCUT2D eigenvalue weighted by molar-refractivity contribution is 0.0997. The summed E-state index contributed by atoms with van der Waals surface area (Å²) >= 11 is 0. The Hall–Kier alpha value is -2.63. The van der Waals surface area contributed by atoms with Gasteiger partial charge in [0.05, 0.1) is 0 Å². The number of fused-ring (bicyclic) bond motifs is 1. The molecular formula is C14H14N4O2. The molecule has 102 valence electrons. The minimum Gasteiger partial charge on any atom is -0.450 e. The van der Waals surface area contributed by atoms with Crippen LogP contribution in [0.15, 0.2) is 22.9 Å². The normalized spacial score (nSPS) is 10.9. The molecule has 3 rings (SSSR count). The highest BCUT2D eigenvalue weighted by molar-refractivity contribution is 6.06. The van der Waals surface area contributed by atoms with Crippen molar-refractivity contribution in [1.82, 2.24) is 15.2 Å². The molecule has 2 heterocycles. The van der Waals surface area contributed by atoms with Crippen LogP contribution in [0.25, 0.3) is 11.0 Å². The van der Waals surface area contributed by atoms with E-state index in [0.717, 1.165) is 27.7 Å². The maximum Gasteiger partial charge on any atom is 0.294 e. The molecular weight excluding hydrogens is 256 g/mol. The summed E-state index contributed by atoms with van der Waals surface area (Å²) in [5, 5.41) is 9.87. The highest BCUT2D eigenvalue weighted by Gasteiger charge is 2.20. The van der Waals surface area contributed by atoms with Crippen LogP contribution in [-0.2, 0) is 0 Å². The number of nitrogens with zero attached hydrogens (tertiary/aromatic N) is 2. The molecule has 0 aliphatic carbocycles. The van der Waals surface area contributed by atoms with Crippen molar-refractivity contribution in [2.45, 2.75) is 20.8 Å². The predicted octanol–water partition coefficient (Wildman–Crippen LogP) is 2.73. The molecule has 0 saturated carbocycles. The second-order valence-electron chi connectivity index (χ2n) is 4.75. The molecule has 6 heteroatoms. The number of furan rings is 1. The van der Waals surface area contributed by atoms with Gasteiger partial charge >= 0.3 is 0 Å². The van der Waals surface area contributed by atoms with E-state index in [1.807, 2.05) is 32.9 Å². The molecule has 0 atom stereocenters. The third-order valence-corrected chi connectivity index (χ3v) is 3.34. The number of aromatic nitrogens is 3. The Labute approximate surface area is 115 Å². The highest BCUT2D eigenvalue weighted by atomic mass is 16.3. The van der Waals surface area contributed by atoms with Crippen LogP contribution in [0.2, 0.25) is 0 Å². The first kappa shape index (κ1) is 12.4. The SMILES string of the molecule is Cc1ccc(C)c2c(C)c(C(=O)Nc3ncn[nH]3)oc12. The second kappa shape index (κ2) is 4.48. The zero-order valence-electron chi connectivity index (χ0n) is 11.4. The first-order chi connectivity index (χ1) is 9.58. The predicted molar refractivity (Wildman–Crippen MR) is 74.8 cm³/mol. The van der Waals surface area contributed by atoms with E-state index in [-0.39, 0.29) is 5.91 Å². The van der Waals surface area contributed by atoms with Gasteiger partial charge in [0.25, 0.3) is 5.91 Å². The number of amides is 1. The van der Waals surface area contributed by atoms with Gasteiger partial charge in [-0.25, -0.2) is 5.10 Å². The van der Waals surface area contributed by atoms with Gasteiger partial charge in [-0.1, -0.05) is 12.1 Å². The Morgan fingerprint density at radius 2 is 2.00 bits per heavy atom. The molecule has 0 aliphatic rings. The van der Waals surface area contributed by atoms with Crippen LogP contribution >= 0.6 is 0 Å². The van der Waals surface area contributed by atoms with Gasteiger partial charge in [0.15, 0.2) is 5.76 Å². The van der Waals surface area contributed by atoms with E-state index in [2.05, 4.69) is 20.5 Å². The zero-order valence-corrected chi connectivity index (χ0v) is 11.4. The van der Waals surface area contributed by atoms with Gasteiger partial charge < -0.3 is 4.42 Å². The molecule has 0 fully saturated rings. The van der Waals surface area contributed by atoms with Crippen molar-refractivity contribution in [3.63, 3.8) is 0 Å². The van der Waals surface area contributed by atoms with Crippen molar-refractivity contribution in [2.75, 3.05) is 5.32 Å². The van der Waals surface area contributed by atoms with Gasteiger partial charge in [0, 0.05) is 10.9 Å². The van der Waals surface area contributed by atoms with Crippen LogP contribution in [0.4, 0.5) is 5.95 Å². The van der Waals surface area contributed by atoms with Gasteiger partial charge in [-0.15, -0.1) is 0 Å². The average molecular weight is 270 g/mol. The van der Waals surface area contributed by atoms with E-state index in [4.69, 9.17) is 4.42 Å². The van der Waals surface area contributed by atoms with Crippen LogP contribution in [0.1, 0.15) is 27.2 Å². The molecule has 0 saturated heterocycles. The van der Waals surface area contributed by atoms with Crippen LogP contribution in [-0.4, -0.2) is 21.1 Å². The van der Waals surface area contributed by atoms with Crippen LogP contribution < -0.4 is 5.32 Å². The Morgan fingerprint density at radius 3 is 2.65 bits per heavy atom. The van der Waals surface area contributed by atoms with Crippen LogP contribution in [0, 0.1) is 20.8 Å². The van der Waals surface area contributed by atoms with E-state index in [1.54, 1.807) is 0 Å². The van der Waals surface area contributed by atoms with Gasteiger partial charge in [-0.2, -0.15) is 10.1 Å². The molecule has 1 amide bonds. The fraction of sp³-hybridized carbons (Fsp3) is 0.214. The number of aryl methyl sites for hydroxylation is 3. The second-order valence-corrected chi connectivity index (χ2v) is 4.75. The van der Waals surface area contributed by atoms with Crippen molar-refractivity contribution in [3.05, 3.63) is 40.9 Å². The first-order valence-corrected chi connectivity index (χ1v) is 6.24. The summed E-state index contributed by atoms with van der Waals surface area (Å²) in [5.74, 6) is 0.256. The Bertz CT molecular complexity index is 787. The van der Waals surface area contributed by atoms with Crippen molar-refractivity contribution in [3.8, 4) is 0 Å². The van der Waals surface area contributed by atoms with Crippen molar-refractivity contribution < 1.29 is 9.21 Å². The number of carbonyl (C=O) groups is 1. The highest BCUT2D eigenvalue weighted by Crippen LogP contribution is 2.30. The number of benzene rings is 1. The molecule has 0 spiro atoms. The molecule has 2 N–H and O–H groups in total. The number of aromatic amines is 1. The summed E-state index contributed by atoms with van der Waals surface area (Å²) in [4.78, 5) is 16.1. The van der Waals surface area contributed by atoms with Crippen molar-refractivity contribution in [1.29, 1.82) is 0 Å². The van der Waals surface area contributed by atoms with E-state index in [1.165, 1.54) is 6.33 Å². The molecule has 0 bridgehead atoms. The van der Waals surface area contributed by atoms with Crippen molar-refractivity contribution >= 4 is 22.8 Å². The Morgan fingerprint density at radius 1 is 1.25 bits per heavy atom. The molecule has 0 unspecified atom stereocenters. The number of H-pyrrole nitrogens is 1. The van der Waals surface area contributed by atoms with E-state index >= 15 is 0 Å². The topological polar surface area (TPSA) is 83.8 Å². The van der Waals surface area contributed by atoms with E-state index in [0.29, 0.717) is 11.7 Å². The van der Waals surface area contributed by atoms with Gasteiger partial charge in [0.1, 0.15) is 11.9 Å². The maximum absolute atomic E-state index is 12.2. The largest absolute Gasteiger partial charge is 0.450 e. The lowest BCUT2D eigenvalue weighted by atomic mass is 10.0. The fourth-order valence-corrected chi connectivity index (χ4v) is 2.32. The summed E-state index contributed by atoms with van der Waals surface area (Å²) < 4.78 is 5.75. The monoisotopic (exact) mass is 270 g/mol. The van der Waals surface area contributed by atoms with Gasteiger partial charge in [-0.3, -0.25) is 10.1 Å². The lowest BCUT2D eigenvalue weighted by Crippen LogP contribution is -2.13. The molecule has 6 nitrogen and oxygen atoms in total. The smallest absolute Gasteiger partial charge is 0.294 e. The van der Waals surface area contributed by atoms with Gasteiger partial charge in [-0.05, 0) is 31.9 Å². The number of carbonyl (C=O) groups excluding carboxylic acids is 1.